The van der Waals surface area contributed by atoms with Crippen LogP contribution in [0.3, 0.4) is 0 Å². The minimum absolute atomic E-state index is 0.0675. The summed E-state index contributed by atoms with van der Waals surface area (Å²) in [5.41, 5.74) is 9.81. The Morgan fingerprint density at radius 2 is 1.35 bits per heavy atom. The standard InChI is InChI=1S/C16H27N3O7/c1-16(2,3)26-11(20)10-25-9-8-24-7-6-23-5-4-19-14(21)12(17)13(18)15(19)22/h4-10,17-18H2,1-3H3. The number of hydrogen-bond donors (Lipinski definition) is 2. The number of nitrogens with two attached hydrogens (primary N) is 2. The lowest BCUT2D eigenvalue weighted by atomic mass is 10.2. The van der Waals surface area contributed by atoms with Crippen LogP contribution in [-0.2, 0) is 33.3 Å². The van der Waals surface area contributed by atoms with Crippen molar-refractivity contribution in [3.8, 4) is 0 Å². The van der Waals surface area contributed by atoms with Gasteiger partial charge < -0.3 is 30.4 Å². The first-order chi connectivity index (χ1) is 12.1. The predicted molar refractivity (Wildman–Crippen MR) is 90.4 cm³/mol. The van der Waals surface area contributed by atoms with Crippen LogP contribution in [0.15, 0.2) is 11.4 Å². The number of nitrogens with zero attached hydrogens (tertiary/aromatic N) is 1. The van der Waals surface area contributed by atoms with E-state index in [2.05, 4.69) is 0 Å². The molecule has 0 atom stereocenters. The Morgan fingerprint density at radius 3 is 1.85 bits per heavy atom. The van der Waals surface area contributed by atoms with Gasteiger partial charge >= 0.3 is 5.97 Å². The van der Waals surface area contributed by atoms with Crippen molar-refractivity contribution in [3.05, 3.63) is 11.4 Å². The minimum Gasteiger partial charge on any atom is -0.458 e. The van der Waals surface area contributed by atoms with Gasteiger partial charge in [0.25, 0.3) is 11.8 Å². The fourth-order valence-corrected chi connectivity index (χ4v) is 1.94. The van der Waals surface area contributed by atoms with E-state index in [4.69, 9.17) is 30.4 Å². The lowest BCUT2D eigenvalue weighted by Gasteiger charge is -2.19. The number of ether oxygens (including phenoxy) is 4. The monoisotopic (exact) mass is 373 g/mol. The Labute approximate surface area is 152 Å². The van der Waals surface area contributed by atoms with Crippen LogP contribution in [0.1, 0.15) is 20.8 Å². The molecule has 0 saturated heterocycles. The SMILES string of the molecule is CC(C)(C)OC(=O)COCCOCCOCCN1C(=O)C(N)=C(N)C1=O. The number of esters is 1. The molecule has 0 aromatic rings. The summed E-state index contributed by atoms with van der Waals surface area (Å²) in [6.07, 6.45) is 0. The maximum atomic E-state index is 11.6. The average molecular weight is 373 g/mol. The van der Waals surface area contributed by atoms with Gasteiger partial charge in [-0.2, -0.15) is 0 Å². The van der Waals surface area contributed by atoms with Crippen LogP contribution in [0.4, 0.5) is 0 Å². The van der Waals surface area contributed by atoms with Crippen LogP contribution < -0.4 is 11.5 Å². The molecule has 26 heavy (non-hydrogen) atoms. The molecule has 1 aliphatic heterocycles. The lowest BCUT2D eigenvalue weighted by Crippen LogP contribution is -2.36. The van der Waals surface area contributed by atoms with E-state index in [0.717, 1.165) is 4.90 Å². The number of imide groups is 1. The summed E-state index contributed by atoms with van der Waals surface area (Å²) in [5, 5.41) is 0. The molecule has 10 heteroatoms. The van der Waals surface area contributed by atoms with E-state index >= 15 is 0 Å². The topological polar surface area (TPSA) is 143 Å². The van der Waals surface area contributed by atoms with E-state index in [1.165, 1.54) is 0 Å². The van der Waals surface area contributed by atoms with Crippen molar-refractivity contribution in [1.29, 1.82) is 0 Å². The van der Waals surface area contributed by atoms with Gasteiger partial charge in [-0.3, -0.25) is 14.5 Å². The zero-order valence-corrected chi connectivity index (χ0v) is 15.4. The molecular formula is C16H27N3O7. The fourth-order valence-electron chi connectivity index (χ4n) is 1.94. The first-order valence-corrected chi connectivity index (χ1v) is 8.20. The zero-order chi connectivity index (χ0) is 19.7. The van der Waals surface area contributed by atoms with E-state index < -0.39 is 23.4 Å². The first kappa shape index (κ1) is 21.9. The summed E-state index contributed by atoms with van der Waals surface area (Å²) in [5.74, 6) is -1.63. The van der Waals surface area contributed by atoms with Crippen molar-refractivity contribution in [2.45, 2.75) is 26.4 Å². The van der Waals surface area contributed by atoms with Crippen LogP contribution in [0.2, 0.25) is 0 Å². The Hall–Kier alpha value is -2.17. The molecular weight excluding hydrogens is 346 g/mol. The normalized spacial score (nSPS) is 15.1. The molecule has 0 bridgehead atoms. The highest BCUT2D eigenvalue weighted by Crippen LogP contribution is 2.12. The maximum absolute atomic E-state index is 11.6. The van der Waals surface area contributed by atoms with Crippen molar-refractivity contribution < 1.29 is 33.3 Å². The van der Waals surface area contributed by atoms with E-state index in [1.54, 1.807) is 20.8 Å². The molecule has 0 radical (unpaired) electrons. The van der Waals surface area contributed by atoms with Gasteiger partial charge in [-0.25, -0.2) is 4.79 Å². The van der Waals surface area contributed by atoms with Crippen LogP contribution in [0.25, 0.3) is 0 Å². The molecule has 0 spiro atoms. The highest BCUT2D eigenvalue weighted by atomic mass is 16.6. The Morgan fingerprint density at radius 1 is 0.885 bits per heavy atom. The quantitative estimate of drug-likeness (QED) is 0.261. The van der Waals surface area contributed by atoms with Gasteiger partial charge in [0.05, 0.1) is 39.6 Å². The van der Waals surface area contributed by atoms with Crippen molar-refractivity contribution >= 4 is 17.8 Å². The third-order valence-electron chi connectivity index (χ3n) is 3.08. The fraction of sp³-hybridized carbons (Fsp3) is 0.688. The maximum Gasteiger partial charge on any atom is 0.332 e. The van der Waals surface area contributed by atoms with Crippen LogP contribution in [0, 0.1) is 0 Å². The number of carbonyl (C=O) groups excluding carboxylic acids is 3. The third kappa shape index (κ3) is 7.38. The van der Waals surface area contributed by atoms with Gasteiger partial charge in [-0.05, 0) is 20.8 Å². The largest absolute Gasteiger partial charge is 0.458 e. The molecule has 0 aliphatic carbocycles. The molecule has 1 heterocycles. The minimum atomic E-state index is -0.602. The van der Waals surface area contributed by atoms with Crippen LogP contribution in [0.5, 0.6) is 0 Å². The van der Waals surface area contributed by atoms with E-state index in [0.29, 0.717) is 13.2 Å². The van der Waals surface area contributed by atoms with Crippen molar-refractivity contribution in [2.24, 2.45) is 11.5 Å². The summed E-state index contributed by atoms with van der Waals surface area (Å²) in [6, 6.07) is 0. The summed E-state index contributed by atoms with van der Waals surface area (Å²) in [7, 11) is 0. The molecule has 0 aromatic heterocycles. The highest BCUT2D eigenvalue weighted by Gasteiger charge is 2.34. The Bertz CT molecular complexity index is 531. The van der Waals surface area contributed by atoms with Crippen molar-refractivity contribution in [1.82, 2.24) is 4.90 Å². The van der Waals surface area contributed by atoms with Crippen molar-refractivity contribution in [3.63, 3.8) is 0 Å². The molecule has 10 nitrogen and oxygen atoms in total. The highest BCUT2D eigenvalue weighted by molar-refractivity contribution is 6.18. The molecule has 0 saturated carbocycles. The number of hydrogen-bond acceptors (Lipinski definition) is 9. The summed E-state index contributed by atoms with van der Waals surface area (Å²) >= 11 is 0. The van der Waals surface area contributed by atoms with Crippen molar-refractivity contribution in [2.75, 3.05) is 46.2 Å². The Kier molecular flexibility index (Phi) is 8.49. The van der Waals surface area contributed by atoms with E-state index in [9.17, 15) is 14.4 Å². The molecule has 0 fully saturated rings. The van der Waals surface area contributed by atoms with Crippen LogP contribution in [-0.4, -0.2) is 74.5 Å². The summed E-state index contributed by atoms with van der Waals surface area (Å²) in [6.45, 7) is 6.56. The van der Waals surface area contributed by atoms with Gasteiger partial charge in [-0.15, -0.1) is 0 Å². The molecule has 0 unspecified atom stereocenters. The van der Waals surface area contributed by atoms with Gasteiger partial charge in [0, 0.05) is 0 Å². The zero-order valence-electron chi connectivity index (χ0n) is 15.4. The van der Waals surface area contributed by atoms with Gasteiger partial charge in [-0.1, -0.05) is 0 Å². The number of carbonyl (C=O) groups is 3. The molecule has 0 aromatic carbocycles. The number of rotatable bonds is 11. The smallest absolute Gasteiger partial charge is 0.332 e. The second-order valence-electron chi connectivity index (χ2n) is 6.45. The molecule has 148 valence electrons. The molecule has 1 aliphatic rings. The summed E-state index contributed by atoms with van der Waals surface area (Å²) in [4.78, 5) is 35.6. The predicted octanol–water partition coefficient (Wildman–Crippen LogP) is -1.12. The third-order valence-corrected chi connectivity index (χ3v) is 3.08. The number of amides is 2. The summed E-state index contributed by atoms with van der Waals surface area (Å²) < 4.78 is 20.8. The Balaban J connectivity index is 1.97. The van der Waals surface area contributed by atoms with Gasteiger partial charge in [0.2, 0.25) is 0 Å². The second kappa shape index (κ2) is 10.1. The first-order valence-electron chi connectivity index (χ1n) is 8.20. The van der Waals surface area contributed by atoms with E-state index in [-0.39, 0.29) is 44.4 Å². The average Bonchev–Trinajstić information content (AvgIpc) is 2.72. The van der Waals surface area contributed by atoms with Crippen LogP contribution >= 0.6 is 0 Å². The molecule has 4 N–H and O–H groups in total. The molecule has 1 rings (SSSR count). The van der Waals surface area contributed by atoms with Gasteiger partial charge in [0.15, 0.2) is 0 Å². The van der Waals surface area contributed by atoms with E-state index in [1.807, 2.05) is 0 Å². The second-order valence-corrected chi connectivity index (χ2v) is 6.45. The van der Waals surface area contributed by atoms with Gasteiger partial charge in [0.1, 0.15) is 23.6 Å². The lowest BCUT2D eigenvalue weighted by molar-refractivity contribution is -0.160. The molecule has 2 amide bonds.